The smallest absolute Gasteiger partial charge is 0.237 e. The fourth-order valence-corrected chi connectivity index (χ4v) is 2.99. The van der Waals surface area contributed by atoms with E-state index in [1.807, 2.05) is 6.07 Å². The molecule has 1 amide bonds. The van der Waals surface area contributed by atoms with Crippen molar-refractivity contribution in [3.05, 3.63) is 35.8 Å². The van der Waals surface area contributed by atoms with Crippen LogP contribution in [0.15, 0.2) is 28.7 Å². The molecule has 112 valence electrons. The molecule has 1 aliphatic rings. The molecule has 2 heterocycles. The molecule has 1 fully saturated rings. The molecule has 0 radical (unpaired) electrons. The van der Waals surface area contributed by atoms with E-state index in [0.717, 1.165) is 37.0 Å². The summed E-state index contributed by atoms with van der Waals surface area (Å²) >= 11 is 0. The maximum atomic E-state index is 13.2. The molecule has 1 unspecified atom stereocenters. The number of fused-ring (bicyclic) bond motifs is 1. The Hall–Kier alpha value is -1.88. The molecular formula is C16H19FN2O2. The van der Waals surface area contributed by atoms with E-state index in [1.165, 1.54) is 12.1 Å². The van der Waals surface area contributed by atoms with Gasteiger partial charge < -0.3 is 9.73 Å². The average Bonchev–Trinajstić information content (AvgIpc) is 2.88. The minimum absolute atomic E-state index is 0.0526. The molecule has 1 saturated heterocycles. The fraction of sp³-hybridized carbons (Fsp3) is 0.438. The first-order chi connectivity index (χ1) is 10.2. The SMILES string of the molecule is CNC(=O)C1CCCCN1Cc1cc2cc(F)ccc2o1. The number of furan rings is 1. The van der Waals surface area contributed by atoms with Crippen molar-refractivity contribution in [2.24, 2.45) is 0 Å². The van der Waals surface area contributed by atoms with Crippen molar-refractivity contribution in [2.45, 2.75) is 31.8 Å². The van der Waals surface area contributed by atoms with Crippen molar-refractivity contribution < 1.29 is 13.6 Å². The minimum atomic E-state index is -0.268. The first-order valence-electron chi connectivity index (χ1n) is 7.31. The van der Waals surface area contributed by atoms with Gasteiger partial charge in [-0.1, -0.05) is 6.42 Å². The number of likely N-dealkylation sites (tertiary alicyclic amines) is 1. The monoisotopic (exact) mass is 290 g/mol. The molecule has 0 spiro atoms. The average molecular weight is 290 g/mol. The highest BCUT2D eigenvalue weighted by Gasteiger charge is 2.28. The maximum Gasteiger partial charge on any atom is 0.237 e. The molecule has 0 saturated carbocycles. The van der Waals surface area contributed by atoms with Crippen molar-refractivity contribution in [1.82, 2.24) is 10.2 Å². The van der Waals surface area contributed by atoms with Crippen molar-refractivity contribution >= 4 is 16.9 Å². The number of likely N-dealkylation sites (N-methyl/N-ethyl adjacent to an activating group) is 1. The summed E-state index contributed by atoms with van der Waals surface area (Å²) in [5.41, 5.74) is 0.680. The quantitative estimate of drug-likeness (QED) is 0.945. The van der Waals surface area contributed by atoms with E-state index in [2.05, 4.69) is 10.2 Å². The van der Waals surface area contributed by atoms with Crippen LogP contribution in [0.25, 0.3) is 11.0 Å². The minimum Gasteiger partial charge on any atom is -0.460 e. The summed E-state index contributed by atoms with van der Waals surface area (Å²) in [6.07, 6.45) is 3.02. The second kappa shape index (κ2) is 5.85. The summed E-state index contributed by atoms with van der Waals surface area (Å²) in [6.45, 7) is 1.46. The van der Waals surface area contributed by atoms with Crippen molar-refractivity contribution in [3.8, 4) is 0 Å². The summed E-state index contributed by atoms with van der Waals surface area (Å²) in [6, 6.07) is 6.25. The molecule has 2 aromatic rings. The molecule has 1 N–H and O–H groups in total. The Labute approximate surface area is 122 Å². The van der Waals surface area contributed by atoms with E-state index in [-0.39, 0.29) is 17.8 Å². The van der Waals surface area contributed by atoms with Crippen LogP contribution in [-0.4, -0.2) is 30.4 Å². The van der Waals surface area contributed by atoms with Gasteiger partial charge in [0.05, 0.1) is 12.6 Å². The van der Waals surface area contributed by atoms with Gasteiger partial charge in [0.25, 0.3) is 0 Å². The highest BCUT2D eigenvalue weighted by molar-refractivity contribution is 5.81. The topological polar surface area (TPSA) is 45.5 Å². The predicted octanol–water partition coefficient (Wildman–Crippen LogP) is 2.67. The first-order valence-corrected chi connectivity index (χ1v) is 7.31. The Morgan fingerprint density at radius 3 is 3.10 bits per heavy atom. The zero-order valence-corrected chi connectivity index (χ0v) is 12.1. The van der Waals surface area contributed by atoms with Crippen LogP contribution in [0.3, 0.4) is 0 Å². The van der Waals surface area contributed by atoms with Crippen molar-refractivity contribution in [3.63, 3.8) is 0 Å². The van der Waals surface area contributed by atoms with Crippen molar-refractivity contribution in [1.29, 1.82) is 0 Å². The van der Waals surface area contributed by atoms with Gasteiger partial charge in [-0.2, -0.15) is 0 Å². The molecule has 1 atom stereocenters. The van der Waals surface area contributed by atoms with Crippen LogP contribution in [-0.2, 0) is 11.3 Å². The van der Waals surface area contributed by atoms with Gasteiger partial charge in [-0.05, 0) is 43.7 Å². The number of hydrogen-bond acceptors (Lipinski definition) is 3. The Morgan fingerprint density at radius 1 is 1.43 bits per heavy atom. The highest BCUT2D eigenvalue weighted by atomic mass is 19.1. The van der Waals surface area contributed by atoms with E-state index in [9.17, 15) is 9.18 Å². The lowest BCUT2D eigenvalue weighted by Crippen LogP contribution is -2.48. The number of amides is 1. The number of rotatable bonds is 3. The number of hydrogen-bond donors (Lipinski definition) is 1. The molecular weight excluding hydrogens is 271 g/mol. The first kappa shape index (κ1) is 14.1. The summed E-state index contributed by atoms with van der Waals surface area (Å²) < 4.78 is 19.0. The van der Waals surface area contributed by atoms with Gasteiger partial charge in [0.1, 0.15) is 17.2 Å². The number of carbonyl (C=O) groups excluding carboxylic acids is 1. The third-order valence-electron chi connectivity index (χ3n) is 4.05. The lowest BCUT2D eigenvalue weighted by atomic mass is 10.0. The second-order valence-corrected chi connectivity index (χ2v) is 5.49. The van der Waals surface area contributed by atoms with Crippen molar-refractivity contribution in [2.75, 3.05) is 13.6 Å². The van der Waals surface area contributed by atoms with Crippen LogP contribution in [0.2, 0.25) is 0 Å². The Bertz CT molecular complexity index is 653. The second-order valence-electron chi connectivity index (χ2n) is 5.49. The van der Waals surface area contributed by atoms with Gasteiger partial charge in [0.2, 0.25) is 5.91 Å². The van der Waals surface area contributed by atoms with Gasteiger partial charge in [0.15, 0.2) is 0 Å². The number of nitrogens with zero attached hydrogens (tertiary/aromatic N) is 1. The largest absolute Gasteiger partial charge is 0.460 e. The normalized spacial score (nSPS) is 19.8. The number of piperidine rings is 1. The number of benzene rings is 1. The molecule has 4 nitrogen and oxygen atoms in total. The van der Waals surface area contributed by atoms with E-state index in [4.69, 9.17) is 4.42 Å². The fourth-order valence-electron chi connectivity index (χ4n) is 2.99. The van der Waals surface area contributed by atoms with Gasteiger partial charge >= 0.3 is 0 Å². The molecule has 1 aliphatic heterocycles. The maximum absolute atomic E-state index is 13.2. The molecule has 3 rings (SSSR count). The zero-order valence-electron chi connectivity index (χ0n) is 12.1. The van der Waals surface area contributed by atoms with Crippen LogP contribution in [0.4, 0.5) is 4.39 Å². The van der Waals surface area contributed by atoms with Crippen LogP contribution in [0.5, 0.6) is 0 Å². The van der Waals surface area contributed by atoms with Crippen LogP contribution in [0.1, 0.15) is 25.0 Å². The number of carbonyl (C=O) groups is 1. The number of halogens is 1. The molecule has 5 heteroatoms. The highest BCUT2D eigenvalue weighted by Crippen LogP contribution is 2.24. The standard InChI is InChI=1S/C16H19FN2O2/c1-18-16(20)14-4-2-3-7-19(14)10-13-9-11-8-12(17)5-6-15(11)21-13/h5-6,8-9,14H,2-4,7,10H2,1H3,(H,18,20). The summed E-state index contributed by atoms with van der Waals surface area (Å²) in [5.74, 6) is 0.555. The Morgan fingerprint density at radius 2 is 2.29 bits per heavy atom. The molecule has 1 aromatic heterocycles. The van der Waals surface area contributed by atoms with E-state index in [0.29, 0.717) is 12.1 Å². The van der Waals surface area contributed by atoms with Crippen LogP contribution >= 0.6 is 0 Å². The summed E-state index contributed by atoms with van der Waals surface area (Å²) in [5, 5.41) is 3.49. The van der Waals surface area contributed by atoms with Gasteiger partial charge in [-0.25, -0.2) is 4.39 Å². The third-order valence-corrected chi connectivity index (χ3v) is 4.05. The lowest BCUT2D eigenvalue weighted by Gasteiger charge is -2.33. The molecule has 21 heavy (non-hydrogen) atoms. The lowest BCUT2D eigenvalue weighted by molar-refractivity contribution is -0.127. The van der Waals surface area contributed by atoms with Gasteiger partial charge in [-0.3, -0.25) is 9.69 Å². The summed E-state index contributed by atoms with van der Waals surface area (Å²) in [4.78, 5) is 14.1. The third kappa shape index (κ3) is 2.93. The van der Waals surface area contributed by atoms with Crippen LogP contribution < -0.4 is 5.32 Å². The van der Waals surface area contributed by atoms with Gasteiger partial charge in [0, 0.05) is 12.4 Å². The number of nitrogens with one attached hydrogen (secondary N) is 1. The van der Waals surface area contributed by atoms with E-state index >= 15 is 0 Å². The predicted molar refractivity (Wildman–Crippen MR) is 78.3 cm³/mol. The van der Waals surface area contributed by atoms with Crippen LogP contribution in [0, 0.1) is 5.82 Å². The van der Waals surface area contributed by atoms with Gasteiger partial charge in [-0.15, -0.1) is 0 Å². The zero-order chi connectivity index (χ0) is 14.8. The Kier molecular flexibility index (Phi) is 3.92. The molecule has 1 aromatic carbocycles. The Balaban J connectivity index is 1.80. The molecule has 0 bridgehead atoms. The van der Waals surface area contributed by atoms with E-state index < -0.39 is 0 Å². The van der Waals surface area contributed by atoms with E-state index in [1.54, 1.807) is 13.1 Å². The summed E-state index contributed by atoms with van der Waals surface area (Å²) in [7, 11) is 1.67. The molecule has 0 aliphatic carbocycles.